The molecule has 3 N–H and O–H groups in total. The van der Waals surface area contributed by atoms with Crippen molar-refractivity contribution in [3.05, 3.63) is 30.3 Å². The third-order valence-electron chi connectivity index (χ3n) is 2.02. The maximum Gasteiger partial charge on any atom is 0.118 e. The summed E-state index contributed by atoms with van der Waals surface area (Å²) in [5.41, 5.74) is 3.49. The SMILES string of the molecule is CCCOCCC(=Nc1ccccc1)NN. The van der Waals surface area contributed by atoms with E-state index in [0.717, 1.165) is 24.6 Å². The summed E-state index contributed by atoms with van der Waals surface area (Å²) in [6, 6.07) is 9.72. The van der Waals surface area contributed by atoms with Crippen molar-refractivity contribution in [3.63, 3.8) is 0 Å². The highest BCUT2D eigenvalue weighted by atomic mass is 16.5. The predicted octanol–water partition coefficient (Wildman–Crippen LogP) is 2.00. The molecule has 0 saturated carbocycles. The molecule has 0 unspecified atom stereocenters. The van der Waals surface area contributed by atoms with Gasteiger partial charge in [-0.15, -0.1) is 0 Å². The molecule has 1 aromatic carbocycles. The Kier molecular flexibility index (Phi) is 6.22. The summed E-state index contributed by atoms with van der Waals surface area (Å²) in [4.78, 5) is 4.38. The Morgan fingerprint density at radius 2 is 2.06 bits per heavy atom. The molecular formula is C12H19N3O. The predicted molar refractivity (Wildman–Crippen MR) is 66.6 cm³/mol. The number of hydrazine groups is 1. The summed E-state index contributed by atoms with van der Waals surface area (Å²) in [6.45, 7) is 3.51. The lowest BCUT2D eigenvalue weighted by molar-refractivity contribution is 0.141. The van der Waals surface area contributed by atoms with Gasteiger partial charge in [0.15, 0.2) is 0 Å². The van der Waals surface area contributed by atoms with E-state index in [1.807, 2.05) is 30.3 Å². The minimum absolute atomic E-state index is 0.643. The number of amidine groups is 1. The molecule has 4 nitrogen and oxygen atoms in total. The fraction of sp³-hybridized carbons (Fsp3) is 0.417. The van der Waals surface area contributed by atoms with E-state index < -0.39 is 0 Å². The van der Waals surface area contributed by atoms with Crippen molar-refractivity contribution in [2.75, 3.05) is 13.2 Å². The lowest BCUT2D eigenvalue weighted by Crippen LogP contribution is -2.31. The van der Waals surface area contributed by atoms with Crippen LogP contribution in [0, 0.1) is 0 Å². The van der Waals surface area contributed by atoms with Crippen LogP contribution in [0.2, 0.25) is 0 Å². The Bertz CT molecular complexity index is 311. The molecule has 0 aliphatic rings. The second kappa shape index (κ2) is 7.84. The number of hydrogen-bond donors (Lipinski definition) is 2. The van der Waals surface area contributed by atoms with Crippen LogP contribution < -0.4 is 11.3 Å². The van der Waals surface area contributed by atoms with Crippen LogP contribution in [0.5, 0.6) is 0 Å². The van der Waals surface area contributed by atoms with Gasteiger partial charge in [-0.2, -0.15) is 0 Å². The molecule has 0 amide bonds. The van der Waals surface area contributed by atoms with Crippen molar-refractivity contribution in [1.82, 2.24) is 5.43 Å². The highest BCUT2D eigenvalue weighted by Gasteiger charge is 1.97. The summed E-state index contributed by atoms with van der Waals surface area (Å²) >= 11 is 0. The molecular weight excluding hydrogens is 202 g/mol. The van der Waals surface area contributed by atoms with Crippen molar-refractivity contribution >= 4 is 11.5 Å². The van der Waals surface area contributed by atoms with Crippen LogP contribution in [0.4, 0.5) is 5.69 Å². The zero-order valence-electron chi connectivity index (χ0n) is 9.65. The second-order valence-electron chi connectivity index (χ2n) is 3.40. The summed E-state index contributed by atoms with van der Waals surface area (Å²) in [5, 5.41) is 0. The van der Waals surface area contributed by atoms with Crippen molar-refractivity contribution in [2.45, 2.75) is 19.8 Å². The third-order valence-corrected chi connectivity index (χ3v) is 2.02. The molecule has 0 aromatic heterocycles. The first-order chi connectivity index (χ1) is 7.86. The molecule has 4 heteroatoms. The standard InChI is InChI=1S/C12H19N3O/c1-2-9-16-10-8-12(15-13)14-11-6-4-3-5-7-11/h3-7H,2,8-10,13H2,1H3,(H,14,15). The van der Waals surface area contributed by atoms with Crippen molar-refractivity contribution in [2.24, 2.45) is 10.8 Å². The van der Waals surface area contributed by atoms with Gasteiger partial charge < -0.3 is 10.2 Å². The zero-order valence-corrected chi connectivity index (χ0v) is 9.65. The molecule has 0 aliphatic heterocycles. The topological polar surface area (TPSA) is 59.6 Å². The Hall–Kier alpha value is -1.39. The molecule has 1 rings (SSSR count). The van der Waals surface area contributed by atoms with Crippen LogP contribution in [-0.4, -0.2) is 19.0 Å². The average molecular weight is 221 g/mol. The average Bonchev–Trinajstić information content (AvgIpc) is 2.34. The summed E-state index contributed by atoms with van der Waals surface area (Å²) in [7, 11) is 0. The van der Waals surface area contributed by atoms with Crippen LogP contribution in [0.15, 0.2) is 35.3 Å². The van der Waals surface area contributed by atoms with Crippen LogP contribution in [0.25, 0.3) is 0 Å². The Morgan fingerprint density at radius 3 is 2.69 bits per heavy atom. The molecule has 88 valence electrons. The molecule has 0 spiro atoms. The molecule has 0 atom stereocenters. The highest BCUT2D eigenvalue weighted by Crippen LogP contribution is 2.10. The van der Waals surface area contributed by atoms with Gasteiger partial charge >= 0.3 is 0 Å². The minimum atomic E-state index is 0.643. The monoisotopic (exact) mass is 221 g/mol. The van der Waals surface area contributed by atoms with Gasteiger partial charge in [-0.25, -0.2) is 10.8 Å². The van der Waals surface area contributed by atoms with E-state index in [1.54, 1.807) is 0 Å². The van der Waals surface area contributed by atoms with Gasteiger partial charge in [-0.1, -0.05) is 25.1 Å². The molecule has 1 aromatic rings. The third kappa shape index (κ3) is 4.91. The van der Waals surface area contributed by atoms with Crippen LogP contribution >= 0.6 is 0 Å². The van der Waals surface area contributed by atoms with Gasteiger partial charge in [0.1, 0.15) is 5.84 Å². The highest BCUT2D eigenvalue weighted by molar-refractivity contribution is 5.84. The molecule has 0 aliphatic carbocycles. The number of nitrogens with two attached hydrogens (primary N) is 1. The van der Waals surface area contributed by atoms with E-state index in [1.165, 1.54) is 0 Å². The normalized spacial score (nSPS) is 11.5. The first kappa shape index (κ1) is 12.7. The molecule has 0 bridgehead atoms. The van der Waals surface area contributed by atoms with Gasteiger partial charge in [-0.3, -0.25) is 0 Å². The van der Waals surface area contributed by atoms with Gasteiger partial charge in [0, 0.05) is 13.0 Å². The second-order valence-corrected chi connectivity index (χ2v) is 3.40. The summed E-state index contributed by atoms with van der Waals surface area (Å²) < 4.78 is 5.38. The number of para-hydroxylation sites is 1. The number of nitrogens with zero attached hydrogens (tertiary/aromatic N) is 1. The van der Waals surface area contributed by atoms with Gasteiger partial charge in [0.25, 0.3) is 0 Å². The molecule has 0 fully saturated rings. The quantitative estimate of drug-likeness (QED) is 0.254. The fourth-order valence-corrected chi connectivity index (χ4v) is 1.23. The van der Waals surface area contributed by atoms with Crippen molar-refractivity contribution in [1.29, 1.82) is 0 Å². The number of hydrogen-bond acceptors (Lipinski definition) is 3. The molecule has 0 radical (unpaired) electrons. The summed E-state index contributed by atoms with van der Waals surface area (Å²) in [5.74, 6) is 6.14. The number of benzene rings is 1. The lowest BCUT2D eigenvalue weighted by Gasteiger charge is -2.06. The number of rotatable bonds is 6. The van der Waals surface area contributed by atoms with E-state index in [9.17, 15) is 0 Å². The molecule has 0 saturated heterocycles. The van der Waals surface area contributed by atoms with Crippen molar-refractivity contribution < 1.29 is 4.74 Å². The minimum Gasteiger partial charge on any atom is -0.381 e. The Labute approximate surface area is 96.5 Å². The smallest absolute Gasteiger partial charge is 0.118 e. The van der Waals surface area contributed by atoms with E-state index in [-0.39, 0.29) is 0 Å². The first-order valence-corrected chi connectivity index (χ1v) is 5.53. The van der Waals surface area contributed by atoms with Gasteiger partial charge in [0.2, 0.25) is 0 Å². The Morgan fingerprint density at radius 1 is 1.31 bits per heavy atom. The molecule has 16 heavy (non-hydrogen) atoms. The van der Waals surface area contributed by atoms with Crippen LogP contribution in [-0.2, 0) is 4.74 Å². The maximum absolute atomic E-state index is 5.40. The van der Waals surface area contributed by atoms with Crippen LogP contribution in [0.1, 0.15) is 19.8 Å². The largest absolute Gasteiger partial charge is 0.381 e. The van der Waals surface area contributed by atoms with Crippen LogP contribution in [0.3, 0.4) is 0 Å². The van der Waals surface area contributed by atoms with Gasteiger partial charge in [-0.05, 0) is 18.6 Å². The first-order valence-electron chi connectivity index (χ1n) is 5.53. The summed E-state index contributed by atoms with van der Waals surface area (Å²) in [6.07, 6.45) is 1.73. The van der Waals surface area contributed by atoms with E-state index in [0.29, 0.717) is 13.0 Å². The van der Waals surface area contributed by atoms with Gasteiger partial charge in [0.05, 0.1) is 12.3 Å². The van der Waals surface area contributed by atoms with E-state index in [2.05, 4.69) is 17.3 Å². The van der Waals surface area contributed by atoms with E-state index in [4.69, 9.17) is 10.6 Å². The number of aliphatic imine (C=N–C) groups is 1. The zero-order chi connectivity index (χ0) is 11.6. The molecule has 0 heterocycles. The van der Waals surface area contributed by atoms with Crippen molar-refractivity contribution in [3.8, 4) is 0 Å². The van der Waals surface area contributed by atoms with E-state index >= 15 is 0 Å². The Balaban J connectivity index is 2.44. The number of ether oxygens (including phenoxy) is 1. The number of nitrogens with one attached hydrogen (secondary N) is 1. The fourth-order valence-electron chi connectivity index (χ4n) is 1.23. The lowest BCUT2D eigenvalue weighted by atomic mass is 10.3. The maximum atomic E-state index is 5.40.